The maximum Gasteiger partial charge on any atom is 0.0719 e. The monoisotopic (exact) mass is 233 g/mol. The Hall–Kier alpha value is -0.860. The van der Waals surface area contributed by atoms with Gasteiger partial charge in [0.2, 0.25) is 0 Å². The smallest absolute Gasteiger partial charge is 0.0719 e. The Balaban J connectivity index is 1.64. The molecule has 1 saturated heterocycles. The molecule has 0 radical (unpaired) electrons. The second kappa shape index (κ2) is 6.77. The van der Waals surface area contributed by atoms with Crippen LogP contribution in [0.3, 0.4) is 0 Å². The maximum atomic E-state index is 5.78. The molecule has 1 N–H and O–H groups in total. The molecule has 17 heavy (non-hydrogen) atoms. The first kappa shape index (κ1) is 12.6. The number of aryl methyl sites for hydroxylation is 1. The van der Waals surface area contributed by atoms with Gasteiger partial charge in [-0.3, -0.25) is 0 Å². The topological polar surface area (TPSA) is 21.3 Å². The van der Waals surface area contributed by atoms with Crippen molar-refractivity contribution in [3.8, 4) is 0 Å². The Morgan fingerprint density at radius 3 is 2.76 bits per heavy atom. The first-order valence-corrected chi connectivity index (χ1v) is 6.69. The normalized spacial score (nSPS) is 17.2. The molecule has 2 nitrogen and oxygen atoms in total. The lowest BCUT2D eigenvalue weighted by Gasteiger charge is -2.22. The third kappa shape index (κ3) is 4.14. The molecular formula is C15H23NO. The number of ether oxygens (including phenoxy) is 1. The van der Waals surface area contributed by atoms with E-state index in [1.807, 2.05) is 0 Å². The number of benzene rings is 1. The van der Waals surface area contributed by atoms with Crippen LogP contribution in [0.15, 0.2) is 24.3 Å². The Kier molecular flexibility index (Phi) is 5.02. The zero-order valence-electron chi connectivity index (χ0n) is 10.7. The second-order valence-electron chi connectivity index (χ2n) is 4.96. The van der Waals surface area contributed by atoms with E-state index in [-0.39, 0.29) is 0 Å². The summed E-state index contributed by atoms with van der Waals surface area (Å²) in [6.07, 6.45) is 3.84. The summed E-state index contributed by atoms with van der Waals surface area (Å²) in [5.41, 5.74) is 2.65. The van der Waals surface area contributed by atoms with Crippen molar-refractivity contribution in [2.24, 2.45) is 5.92 Å². The van der Waals surface area contributed by atoms with Gasteiger partial charge in [-0.25, -0.2) is 0 Å². The van der Waals surface area contributed by atoms with Crippen LogP contribution in [0.2, 0.25) is 0 Å². The standard InChI is InChI=1S/C15H23NO/c1-13-4-2-3-5-15(13)12-17-11-8-14-6-9-16-10-7-14/h2-5,14,16H,6-12H2,1H3. The molecule has 0 saturated carbocycles. The first-order chi connectivity index (χ1) is 8.36. The van der Waals surface area contributed by atoms with Crippen molar-refractivity contribution in [3.05, 3.63) is 35.4 Å². The molecule has 0 bridgehead atoms. The predicted molar refractivity (Wildman–Crippen MR) is 71.0 cm³/mol. The summed E-state index contributed by atoms with van der Waals surface area (Å²) in [7, 11) is 0. The van der Waals surface area contributed by atoms with Crippen LogP contribution >= 0.6 is 0 Å². The third-order valence-corrected chi connectivity index (χ3v) is 3.65. The minimum Gasteiger partial charge on any atom is -0.377 e. The fraction of sp³-hybridized carbons (Fsp3) is 0.600. The number of hydrogen-bond acceptors (Lipinski definition) is 2. The van der Waals surface area contributed by atoms with Gasteiger partial charge >= 0.3 is 0 Å². The minimum absolute atomic E-state index is 0.762. The molecule has 0 amide bonds. The van der Waals surface area contributed by atoms with Gasteiger partial charge in [0.05, 0.1) is 6.61 Å². The van der Waals surface area contributed by atoms with E-state index < -0.39 is 0 Å². The summed E-state index contributed by atoms with van der Waals surface area (Å²) >= 11 is 0. The van der Waals surface area contributed by atoms with Crippen LogP contribution in [0.5, 0.6) is 0 Å². The van der Waals surface area contributed by atoms with E-state index in [0.29, 0.717) is 0 Å². The molecule has 0 unspecified atom stereocenters. The largest absolute Gasteiger partial charge is 0.377 e. The highest BCUT2D eigenvalue weighted by Crippen LogP contribution is 2.16. The zero-order chi connectivity index (χ0) is 11.9. The van der Waals surface area contributed by atoms with E-state index in [4.69, 9.17) is 4.74 Å². The molecular weight excluding hydrogens is 210 g/mol. The van der Waals surface area contributed by atoms with Gasteiger partial charge in [-0.05, 0) is 56.3 Å². The lowest BCUT2D eigenvalue weighted by molar-refractivity contribution is 0.102. The highest BCUT2D eigenvalue weighted by atomic mass is 16.5. The van der Waals surface area contributed by atoms with Crippen LogP contribution in [-0.4, -0.2) is 19.7 Å². The Bertz CT molecular complexity index is 331. The summed E-state index contributed by atoms with van der Waals surface area (Å²) < 4.78 is 5.78. The van der Waals surface area contributed by atoms with Gasteiger partial charge < -0.3 is 10.1 Å². The van der Waals surface area contributed by atoms with E-state index in [1.54, 1.807) is 0 Å². The predicted octanol–water partition coefficient (Wildman–Crippen LogP) is 2.90. The van der Waals surface area contributed by atoms with Crippen molar-refractivity contribution in [1.29, 1.82) is 0 Å². The van der Waals surface area contributed by atoms with Gasteiger partial charge in [0.15, 0.2) is 0 Å². The fourth-order valence-corrected chi connectivity index (χ4v) is 2.37. The van der Waals surface area contributed by atoms with Crippen molar-refractivity contribution >= 4 is 0 Å². The number of hydrogen-bond donors (Lipinski definition) is 1. The average Bonchev–Trinajstić information content (AvgIpc) is 2.38. The van der Waals surface area contributed by atoms with Crippen molar-refractivity contribution in [2.45, 2.75) is 32.8 Å². The van der Waals surface area contributed by atoms with Gasteiger partial charge in [-0.15, -0.1) is 0 Å². The molecule has 0 spiro atoms. The molecule has 2 heteroatoms. The fourth-order valence-electron chi connectivity index (χ4n) is 2.37. The van der Waals surface area contributed by atoms with Gasteiger partial charge in [0, 0.05) is 6.61 Å². The highest BCUT2D eigenvalue weighted by Gasteiger charge is 2.12. The lowest BCUT2D eigenvalue weighted by atomic mass is 9.95. The minimum atomic E-state index is 0.762. The Labute approximate surface area is 104 Å². The first-order valence-electron chi connectivity index (χ1n) is 6.69. The summed E-state index contributed by atoms with van der Waals surface area (Å²) in [6.45, 7) is 6.17. The van der Waals surface area contributed by atoms with Crippen molar-refractivity contribution < 1.29 is 4.74 Å². The van der Waals surface area contributed by atoms with Crippen LogP contribution in [0.1, 0.15) is 30.4 Å². The number of rotatable bonds is 5. The summed E-state index contributed by atoms with van der Waals surface area (Å²) in [6, 6.07) is 8.46. The number of nitrogens with one attached hydrogen (secondary N) is 1. The molecule has 1 fully saturated rings. The van der Waals surface area contributed by atoms with Gasteiger partial charge in [-0.2, -0.15) is 0 Å². The molecule has 0 aliphatic carbocycles. The van der Waals surface area contributed by atoms with Crippen LogP contribution in [0.4, 0.5) is 0 Å². The molecule has 1 aromatic rings. The quantitative estimate of drug-likeness (QED) is 0.790. The second-order valence-corrected chi connectivity index (χ2v) is 4.96. The van der Waals surface area contributed by atoms with E-state index in [1.165, 1.54) is 43.5 Å². The van der Waals surface area contributed by atoms with Crippen LogP contribution < -0.4 is 5.32 Å². The van der Waals surface area contributed by atoms with E-state index in [0.717, 1.165) is 19.1 Å². The SMILES string of the molecule is Cc1ccccc1COCCC1CCNCC1. The van der Waals surface area contributed by atoms with Crippen LogP contribution in [0.25, 0.3) is 0 Å². The third-order valence-electron chi connectivity index (χ3n) is 3.65. The highest BCUT2D eigenvalue weighted by molar-refractivity contribution is 5.24. The Morgan fingerprint density at radius 2 is 2.00 bits per heavy atom. The van der Waals surface area contributed by atoms with Gasteiger partial charge in [0.25, 0.3) is 0 Å². The lowest BCUT2D eigenvalue weighted by Crippen LogP contribution is -2.28. The average molecular weight is 233 g/mol. The van der Waals surface area contributed by atoms with Crippen molar-refractivity contribution in [1.82, 2.24) is 5.32 Å². The van der Waals surface area contributed by atoms with Crippen LogP contribution in [-0.2, 0) is 11.3 Å². The summed E-state index contributed by atoms with van der Waals surface area (Å²) in [4.78, 5) is 0. The van der Waals surface area contributed by atoms with E-state index >= 15 is 0 Å². The summed E-state index contributed by atoms with van der Waals surface area (Å²) in [5.74, 6) is 0.869. The molecule has 2 rings (SSSR count). The zero-order valence-corrected chi connectivity index (χ0v) is 10.7. The van der Waals surface area contributed by atoms with Gasteiger partial charge in [-0.1, -0.05) is 24.3 Å². The van der Waals surface area contributed by atoms with Crippen molar-refractivity contribution in [3.63, 3.8) is 0 Å². The molecule has 1 aliphatic heterocycles. The maximum absolute atomic E-state index is 5.78. The molecule has 0 atom stereocenters. The molecule has 1 heterocycles. The van der Waals surface area contributed by atoms with Gasteiger partial charge in [0.1, 0.15) is 0 Å². The Morgan fingerprint density at radius 1 is 1.24 bits per heavy atom. The van der Waals surface area contributed by atoms with E-state index in [2.05, 4.69) is 36.5 Å². The van der Waals surface area contributed by atoms with Crippen LogP contribution in [0, 0.1) is 12.8 Å². The molecule has 1 aliphatic rings. The summed E-state index contributed by atoms with van der Waals surface area (Å²) in [5, 5.41) is 3.40. The van der Waals surface area contributed by atoms with Crippen molar-refractivity contribution in [2.75, 3.05) is 19.7 Å². The molecule has 94 valence electrons. The molecule has 1 aromatic carbocycles. The number of piperidine rings is 1. The van der Waals surface area contributed by atoms with E-state index in [9.17, 15) is 0 Å². The molecule has 0 aromatic heterocycles.